The van der Waals surface area contributed by atoms with Gasteiger partial charge in [0, 0.05) is 31.2 Å². The zero-order valence-corrected chi connectivity index (χ0v) is 11.7. The summed E-state index contributed by atoms with van der Waals surface area (Å²) in [5.41, 5.74) is 0.745. The molecule has 2 atom stereocenters. The van der Waals surface area contributed by atoms with E-state index in [0.29, 0.717) is 0 Å². The van der Waals surface area contributed by atoms with Crippen molar-refractivity contribution in [3.05, 3.63) is 35.6 Å². The monoisotopic (exact) mass is 266 g/mol. The van der Waals surface area contributed by atoms with Gasteiger partial charge in [-0.3, -0.25) is 0 Å². The number of rotatable bonds is 5. The summed E-state index contributed by atoms with van der Waals surface area (Å²) in [5.74, 6) is -0.136. The number of halogens is 1. The summed E-state index contributed by atoms with van der Waals surface area (Å²) in [4.78, 5) is 2.26. The van der Waals surface area contributed by atoms with Gasteiger partial charge < -0.3 is 15.0 Å². The Bertz CT molecular complexity index is 399. The maximum atomic E-state index is 13.8. The van der Waals surface area contributed by atoms with Crippen molar-refractivity contribution < 1.29 is 9.13 Å². The van der Waals surface area contributed by atoms with E-state index in [2.05, 4.69) is 24.2 Å². The molecule has 1 fully saturated rings. The molecule has 1 N–H and O–H groups in total. The Labute approximate surface area is 114 Å². The summed E-state index contributed by atoms with van der Waals surface area (Å²) in [6.45, 7) is 5.52. The average molecular weight is 266 g/mol. The Morgan fingerprint density at radius 1 is 1.47 bits per heavy atom. The molecule has 1 aromatic carbocycles. The lowest BCUT2D eigenvalue weighted by molar-refractivity contribution is -0.0194. The van der Waals surface area contributed by atoms with Crippen LogP contribution < -0.4 is 5.32 Å². The van der Waals surface area contributed by atoms with Crippen LogP contribution in [0.1, 0.15) is 24.9 Å². The molecule has 3 nitrogen and oxygen atoms in total. The predicted octanol–water partition coefficient (Wildman–Crippen LogP) is 2.20. The van der Waals surface area contributed by atoms with Crippen molar-refractivity contribution in [3.8, 4) is 0 Å². The van der Waals surface area contributed by atoms with Gasteiger partial charge in [0.15, 0.2) is 0 Å². The Morgan fingerprint density at radius 3 is 2.95 bits per heavy atom. The lowest BCUT2D eigenvalue weighted by Gasteiger charge is -2.31. The van der Waals surface area contributed by atoms with E-state index >= 15 is 0 Å². The zero-order valence-electron chi connectivity index (χ0n) is 11.7. The minimum Gasteiger partial charge on any atom is -0.374 e. The molecule has 1 aliphatic rings. The van der Waals surface area contributed by atoms with Crippen molar-refractivity contribution in [1.82, 2.24) is 10.2 Å². The predicted molar refractivity (Wildman–Crippen MR) is 74.7 cm³/mol. The van der Waals surface area contributed by atoms with Gasteiger partial charge in [0.1, 0.15) is 5.82 Å². The van der Waals surface area contributed by atoms with Crippen LogP contribution in [0, 0.1) is 5.82 Å². The van der Waals surface area contributed by atoms with Gasteiger partial charge in [-0.05, 0) is 19.5 Å². The summed E-state index contributed by atoms with van der Waals surface area (Å²) in [6.07, 6.45) is 1.06. The number of morpholine rings is 1. The quantitative estimate of drug-likeness (QED) is 0.884. The molecule has 1 heterocycles. The molecule has 0 amide bonds. The van der Waals surface area contributed by atoms with E-state index < -0.39 is 0 Å². The molecule has 0 aliphatic carbocycles. The molecule has 0 spiro atoms. The van der Waals surface area contributed by atoms with Gasteiger partial charge in [0.2, 0.25) is 0 Å². The van der Waals surface area contributed by atoms with Gasteiger partial charge >= 0.3 is 0 Å². The Kier molecular flexibility index (Phi) is 5.31. The van der Waals surface area contributed by atoms with E-state index in [-0.39, 0.29) is 18.0 Å². The summed E-state index contributed by atoms with van der Waals surface area (Å²) < 4.78 is 19.5. The minimum absolute atomic E-state index is 0.0528. The van der Waals surface area contributed by atoms with Crippen LogP contribution in [0.4, 0.5) is 4.39 Å². The Morgan fingerprint density at radius 2 is 2.26 bits per heavy atom. The summed E-state index contributed by atoms with van der Waals surface area (Å²) >= 11 is 0. The minimum atomic E-state index is -0.136. The summed E-state index contributed by atoms with van der Waals surface area (Å²) in [7, 11) is 2.10. The first-order valence-electron chi connectivity index (χ1n) is 6.98. The standard InChI is InChI=1S/C15H23FN2O/c1-3-15(13-6-4-5-7-14(13)16)17-10-12-11-18(2)8-9-19-12/h4-7,12,15,17H,3,8-11H2,1-2H3. The largest absolute Gasteiger partial charge is 0.374 e. The van der Waals surface area contributed by atoms with E-state index in [9.17, 15) is 4.39 Å². The molecular weight excluding hydrogens is 243 g/mol. The second-order valence-corrected chi connectivity index (χ2v) is 5.15. The molecule has 0 bridgehead atoms. The first-order valence-corrected chi connectivity index (χ1v) is 6.98. The van der Waals surface area contributed by atoms with Crippen molar-refractivity contribution in [2.45, 2.75) is 25.5 Å². The van der Waals surface area contributed by atoms with Gasteiger partial charge in [-0.25, -0.2) is 4.39 Å². The smallest absolute Gasteiger partial charge is 0.127 e. The fraction of sp³-hybridized carbons (Fsp3) is 0.600. The third kappa shape index (κ3) is 4.00. The van der Waals surface area contributed by atoms with Gasteiger partial charge in [-0.1, -0.05) is 25.1 Å². The number of hydrogen-bond donors (Lipinski definition) is 1. The van der Waals surface area contributed by atoms with Gasteiger partial charge in [-0.15, -0.1) is 0 Å². The normalized spacial score (nSPS) is 22.4. The van der Waals surface area contributed by atoms with Crippen LogP contribution in [0.3, 0.4) is 0 Å². The van der Waals surface area contributed by atoms with Crippen LogP contribution >= 0.6 is 0 Å². The lowest BCUT2D eigenvalue weighted by Crippen LogP contribution is -2.45. The van der Waals surface area contributed by atoms with E-state index in [1.165, 1.54) is 6.07 Å². The molecule has 2 unspecified atom stereocenters. The second-order valence-electron chi connectivity index (χ2n) is 5.15. The van der Waals surface area contributed by atoms with E-state index in [1.807, 2.05) is 12.1 Å². The summed E-state index contributed by atoms with van der Waals surface area (Å²) in [5, 5.41) is 3.43. The highest BCUT2D eigenvalue weighted by atomic mass is 19.1. The van der Waals surface area contributed by atoms with Crippen LogP contribution in [-0.2, 0) is 4.74 Å². The van der Waals surface area contributed by atoms with Gasteiger partial charge in [0.25, 0.3) is 0 Å². The number of benzene rings is 1. The molecule has 0 saturated carbocycles. The van der Waals surface area contributed by atoms with Gasteiger partial charge in [0.05, 0.1) is 12.7 Å². The maximum Gasteiger partial charge on any atom is 0.127 e. The molecule has 1 saturated heterocycles. The van der Waals surface area contributed by atoms with Crippen molar-refractivity contribution in [2.24, 2.45) is 0 Å². The number of nitrogens with one attached hydrogen (secondary N) is 1. The summed E-state index contributed by atoms with van der Waals surface area (Å²) in [6, 6.07) is 7.03. The van der Waals surface area contributed by atoms with E-state index in [0.717, 1.165) is 38.2 Å². The number of hydrogen-bond acceptors (Lipinski definition) is 3. The first kappa shape index (κ1) is 14.4. The number of nitrogens with zero attached hydrogens (tertiary/aromatic N) is 1. The molecule has 0 radical (unpaired) electrons. The van der Waals surface area contributed by atoms with Crippen LogP contribution in [0.25, 0.3) is 0 Å². The Balaban J connectivity index is 1.91. The second kappa shape index (κ2) is 6.98. The highest BCUT2D eigenvalue weighted by Gasteiger charge is 2.20. The Hall–Kier alpha value is -0.970. The van der Waals surface area contributed by atoms with Crippen molar-refractivity contribution in [3.63, 3.8) is 0 Å². The number of ether oxygens (including phenoxy) is 1. The van der Waals surface area contributed by atoms with E-state index in [1.54, 1.807) is 6.07 Å². The van der Waals surface area contributed by atoms with Crippen LogP contribution in [0.2, 0.25) is 0 Å². The van der Waals surface area contributed by atoms with Crippen LogP contribution in [0.5, 0.6) is 0 Å². The highest BCUT2D eigenvalue weighted by Crippen LogP contribution is 2.19. The molecule has 1 aliphatic heterocycles. The van der Waals surface area contributed by atoms with Crippen molar-refractivity contribution >= 4 is 0 Å². The fourth-order valence-electron chi connectivity index (χ4n) is 2.50. The van der Waals surface area contributed by atoms with Crippen LogP contribution in [0.15, 0.2) is 24.3 Å². The molecule has 4 heteroatoms. The molecular formula is C15H23FN2O. The molecule has 0 aromatic heterocycles. The highest BCUT2D eigenvalue weighted by molar-refractivity contribution is 5.21. The van der Waals surface area contributed by atoms with Gasteiger partial charge in [-0.2, -0.15) is 0 Å². The topological polar surface area (TPSA) is 24.5 Å². The van der Waals surface area contributed by atoms with Crippen molar-refractivity contribution in [1.29, 1.82) is 0 Å². The first-order chi connectivity index (χ1) is 9.20. The third-order valence-corrected chi connectivity index (χ3v) is 3.62. The average Bonchev–Trinajstić information content (AvgIpc) is 2.41. The molecule has 19 heavy (non-hydrogen) atoms. The van der Waals surface area contributed by atoms with E-state index in [4.69, 9.17) is 4.74 Å². The SMILES string of the molecule is CCC(NCC1CN(C)CCO1)c1ccccc1F. The molecule has 106 valence electrons. The van der Waals surface area contributed by atoms with Crippen LogP contribution in [-0.4, -0.2) is 44.3 Å². The molecule has 2 rings (SSSR count). The fourth-order valence-corrected chi connectivity index (χ4v) is 2.50. The number of likely N-dealkylation sites (N-methyl/N-ethyl adjacent to an activating group) is 1. The van der Waals surface area contributed by atoms with Crippen molar-refractivity contribution in [2.75, 3.05) is 33.3 Å². The molecule has 1 aromatic rings. The maximum absolute atomic E-state index is 13.8. The lowest BCUT2D eigenvalue weighted by atomic mass is 10.0. The third-order valence-electron chi connectivity index (χ3n) is 3.62. The zero-order chi connectivity index (χ0) is 13.7.